The van der Waals surface area contributed by atoms with Crippen molar-refractivity contribution in [2.45, 2.75) is 19.4 Å². The minimum Gasteiger partial charge on any atom is -0.271 e. The van der Waals surface area contributed by atoms with Gasteiger partial charge in [0.25, 0.3) is 0 Å². The minimum atomic E-state index is -0.270. The van der Waals surface area contributed by atoms with Gasteiger partial charge >= 0.3 is 0 Å². The first kappa shape index (κ1) is 15.4. The average molecular weight is 358 g/mol. The Morgan fingerprint density at radius 1 is 1.30 bits per heavy atom. The molecule has 20 heavy (non-hydrogen) atoms. The third-order valence-corrected chi connectivity index (χ3v) is 4.08. The topological polar surface area (TPSA) is 38.0 Å². The number of rotatable bonds is 4. The fourth-order valence-electron chi connectivity index (χ4n) is 2.19. The van der Waals surface area contributed by atoms with Gasteiger partial charge in [0.2, 0.25) is 0 Å². The molecule has 0 saturated heterocycles. The summed E-state index contributed by atoms with van der Waals surface area (Å²) in [5, 5.41) is 0.701. The molecule has 0 bridgehead atoms. The first-order valence-electron chi connectivity index (χ1n) is 6.17. The van der Waals surface area contributed by atoms with Gasteiger partial charge in [0.15, 0.2) is 0 Å². The van der Waals surface area contributed by atoms with E-state index in [0.29, 0.717) is 15.9 Å². The lowest BCUT2D eigenvalue weighted by atomic mass is 9.96. The third-order valence-electron chi connectivity index (χ3n) is 3.23. The molecule has 5 heteroatoms. The smallest absolute Gasteiger partial charge is 0.137 e. The number of nitrogens with one attached hydrogen (secondary N) is 1. The minimum absolute atomic E-state index is 0.0513. The molecule has 1 atom stereocenters. The van der Waals surface area contributed by atoms with E-state index in [4.69, 9.17) is 17.4 Å². The molecule has 0 aromatic heterocycles. The van der Waals surface area contributed by atoms with Crippen LogP contribution in [-0.4, -0.2) is 0 Å². The summed E-state index contributed by atoms with van der Waals surface area (Å²) in [5.41, 5.74) is 5.96. The normalized spacial score (nSPS) is 12.4. The zero-order valence-electron chi connectivity index (χ0n) is 11.0. The summed E-state index contributed by atoms with van der Waals surface area (Å²) >= 11 is 9.16. The lowest BCUT2D eigenvalue weighted by molar-refractivity contribution is 0.548. The number of hydrogen-bond acceptors (Lipinski definition) is 2. The summed E-state index contributed by atoms with van der Waals surface area (Å²) in [4.78, 5) is 0. The van der Waals surface area contributed by atoms with Crippen LogP contribution >= 0.6 is 27.5 Å². The van der Waals surface area contributed by atoms with Gasteiger partial charge in [-0.25, -0.2) is 4.39 Å². The molecule has 0 heterocycles. The Balaban J connectivity index is 2.26. The summed E-state index contributed by atoms with van der Waals surface area (Å²) < 4.78 is 13.7. The third kappa shape index (κ3) is 3.58. The molecule has 0 aliphatic rings. The van der Waals surface area contributed by atoms with Gasteiger partial charge in [0.1, 0.15) is 5.82 Å². The average Bonchev–Trinajstić information content (AvgIpc) is 2.41. The molecule has 0 saturated carbocycles. The van der Waals surface area contributed by atoms with Crippen molar-refractivity contribution in [2.24, 2.45) is 5.84 Å². The molecule has 0 amide bonds. The number of hydrogen-bond donors (Lipinski definition) is 2. The Kier molecular flexibility index (Phi) is 5.16. The Bertz CT molecular complexity index is 619. The van der Waals surface area contributed by atoms with Crippen LogP contribution in [0.25, 0.3) is 0 Å². The van der Waals surface area contributed by atoms with Crippen molar-refractivity contribution in [1.29, 1.82) is 0 Å². The molecule has 1 unspecified atom stereocenters. The van der Waals surface area contributed by atoms with Crippen LogP contribution in [0.3, 0.4) is 0 Å². The molecular weight excluding hydrogens is 343 g/mol. The number of halogens is 3. The highest BCUT2D eigenvalue weighted by Gasteiger charge is 2.14. The van der Waals surface area contributed by atoms with Crippen LogP contribution in [-0.2, 0) is 6.42 Å². The van der Waals surface area contributed by atoms with Crippen LogP contribution in [0.5, 0.6) is 0 Å². The van der Waals surface area contributed by atoms with E-state index in [-0.39, 0.29) is 11.9 Å². The maximum atomic E-state index is 13.2. The molecule has 2 nitrogen and oxygen atoms in total. The van der Waals surface area contributed by atoms with E-state index >= 15 is 0 Å². The Hall–Kier alpha value is -0.940. The summed E-state index contributed by atoms with van der Waals surface area (Å²) in [6.45, 7) is 1.99. The highest BCUT2D eigenvalue weighted by Crippen LogP contribution is 2.25. The van der Waals surface area contributed by atoms with Crippen molar-refractivity contribution in [3.8, 4) is 0 Å². The Labute approximate surface area is 131 Å². The first-order valence-corrected chi connectivity index (χ1v) is 7.34. The van der Waals surface area contributed by atoms with Gasteiger partial charge in [0.05, 0.1) is 10.5 Å². The molecule has 2 rings (SSSR count). The van der Waals surface area contributed by atoms with E-state index in [2.05, 4.69) is 21.4 Å². The monoisotopic (exact) mass is 356 g/mol. The van der Waals surface area contributed by atoms with Crippen molar-refractivity contribution in [3.63, 3.8) is 0 Å². The van der Waals surface area contributed by atoms with Crippen LogP contribution in [0.15, 0.2) is 40.9 Å². The second-order valence-corrected chi connectivity index (χ2v) is 5.96. The fourth-order valence-corrected chi connectivity index (χ4v) is 2.84. The summed E-state index contributed by atoms with van der Waals surface area (Å²) in [6.07, 6.45) is 0.665. The molecule has 0 radical (unpaired) electrons. The standard InChI is InChI=1S/C15H15BrClFN2/c1-9-6-11(17)3-4-12(9)15(20-19)8-10-2-5-14(18)13(16)7-10/h2-7,15,20H,8,19H2,1H3. The summed E-state index contributed by atoms with van der Waals surface area (Å²) in [5.74, 6) is 5.39. The molecule has 0 fully saturated rings. The molecular formula is C15H15BrClFN2. The lowest BCUT2D eigenvalue weighted by Crippen LogP contribution is -2.30. The van der Waals surface area contributed by atoms with Crippen LogP contribution < -0.4 is 11.3 Å². The highest BCUT2D eigenvalue weighted by molar-refractivity contribution is 9.10. The van der Waals surface area contributed by atoms with Gasteiger partial charge in [-0.15, -0.1) is 0 Å². The number of nitrogens with two attached hydrogens (primary N) is 1. The molecule has 106 valence electrons. The van der Waals surface area contributed by atoms with Crippen LogP contribution in [0.2, 0.25) is 5.02 Å². The maximum absolute atomic E-state index is 13.2. The molecule has 3 N–H and O–H groups in total. The van der Waals surface area contributed by atoms with Crippen molar-refractivity contribution >= 4 is 27.5 Å². The predicted molar refractivity (Wildman–Crippen MR) is 84.1 cm³/mol. The van der Waals surface area contributed by atoms with Gasteiger partial charge in [-0.2, -0.15) is 0 Å². The van der Waals surface area contributed by atoms with Crippen LogP contribution in [0, 0.1) is 12.7 Å². The van der Waals surface area contributed by atoms with E-state index in [0.717, 1.165) is 16.7 Å². The van der Waals surface area contributed by atoms with Crippen LogP contribution in [0.1, 0.15) is 22.7 Å². The number of hydrazine groups is 1. The summed E-state index contributed by atoms with van der Waals surface area (Å²) in [6, 6.07) is 10.6. The van der Waals surface area contributed by atoms with Gasteiger partial charge in [0, 0.05) is 5.02 Å². The SMILES string of the molecule is Cc1cc(Cl)ccc1C(Cc1ccc(F)c(Br)c1)NN. The quantitative estimate of drug-likeness (QED) is 0.632. The van der Waals surface area contributed by atoms with Crippen molar-refractivity contribution in [1.82, 2.24) is 5.43 Å². The fraction of sp³-hybridized carbons (Fsp3) is 0.200. The Morgan fingerprint density at radius 2 is 2.05 bits per heavy atom. The van der Waals surface area contributed by atoms with Crippen molar-refractivity contribution in [3.05, 3.63) is 68.4 Å². The van der Waals surface area contributed by atoms with E-state index in [1.165, 1.54) is 6.07 Å². The molecule has 2 aromatic carbocycles. The first-order chi connectivity index (χ1) is 9.51. The van der Waals surface area contributed by atoms with E-state index in [9.17, 15) is 4.39 Å². The van der Waals surface area contributed by atoms with Crippen molar-refractivity contribution < 1.29 is 4.39 Å². The zero-order valence-corrected chi connectivity index (χ0v) is 13.3. The molecule has 0 spiro atoms. The van der Waals surface area contributed by atoms with Crippen LogP contribution in [0.4, 0.5) is 4.39 Å². The lowest BCUT2D eigenvalue weighted by Gasteiger charge is -2.19. The number of benzene rings is 2. The largest absolute Gasteiger partial charge is 0.271 e. The van der Waals surface area contributed by atoms with Gasteiger partial charge in [-0.05, 0) is 70.2 Å². The second kappa shape index (κ2) is 6.68. The molecule has 2 aromatic rings. The van der Waals surface area contributed by atoms with E-state index in [1.807, 2.05) is 25.1 Å². The van der Waals surface area contributed by atoms with Gasteiger partial charge in [-0.1, -0.05) is 23.7 Å². The summed E-state index contributed by atoms with van der Waals surface area (Å²) in [7, 11) is 0. The van der Waals surface area contributed by atoms with E-state index in [1.54, 1.807) is 12.1 Å². The predicted octanol–water partition coefficient (Wildman–Crippen LogP) is 4.30. The highest BCUT2D eigenvalue weighted by atomic mass is 79.9. The zero-order chi connectivity index (χ0) is 14.7. The Morgan fingerprint density at radius 3 is 2.65 bits per heavy atom. The van der Waals surface area contributed by atoms with Gasteiger partial charge in [-0.3, -0.25) is 11.3 Å². The number of aryl methyl sites for hydroxylation is 1. The maximum Gasteiger partial charge on any atom is 0.137 e. The molecule has 0 aliphatic carbocycles. The van der Waals surface area contributed by atoms with E-state index < -0.39 is 0 Å². The molecule has 0 aliphatic heterocycles. The second-order valence-electron chi connectivity index (χ2n) is 4.67. The van der Waals surface area contributed by atoms with Crippen molar-refractivity contribution in [2.75, 3.05) is 0 Å². The van der Waals surface area contributed by atoms with Gasteiger partial charge < -0.3 is 0 Å².